The molecule has 0 heterocycles. The zero-order valence-corrected chi connectivity index (χ0v) is 36.3. The molecule has 2 aromatic carbocycles. The van der Waals surface area contributed by atoms with E-state index in [0.29, 0.717) is 34.1 Å². The summed E-state index contributed by atoms with van der Waals surface area (Å²) in [4.78, 5) is 0. The van der Waals surface area contributed by atoms with Crippen LogP contribution >= 0.6 is 0 Å². The first-order valence-electron chi connectivity index (χ1n) is 21.0. The van der Waals surface area contributed by atoms with E-state index in [1.807, 2.05) is 0 Å². The minimum absolute atomic E-state index is 0.0119. The van der Waals surface area contributed by atoms with Gasteiger partial charge in [0.05, 0.1) is 0 Å². The minimum atomic E-state index is -2.57. The van der Waals surface area contributed by atoms with Crippen LogP contribution in [-0.2, 0) is 4.43 Å². The van der Waals surface area contributed by atoms with Crippen LogP contribution in [0.15, 0.2) is 60.7 Å². The number of aliphatic hydroxyl groups excluding tert-OH is 1. The van der Waals surface area contributed by atoms with E-state index in [1.165, 1.54) is 61.7 Å². The normalized spacial score (nSPS) is 33.3. The third-order valence-electron chi connectivity index (χ3n) is 16.1. The van der Waals surface area contributed by atoms with Crippen LogP contribution in [0.3, 0.4) is 0 Å². The van der Waals surface area contributed by atoms with E-state index in [-0.39, 0.29) is 10.5 Å². The van der Waals surface area contributed by atoms with Gasteiger partial charge in [-0.05, 0) is 124 Å². The lowest BCUT2D eigenvalue weighted by Crippen LogP contribution is -2.68. The van der Waals surface area contributed by atoms with Gasteiger partial charge in [0.25, 0.3) is 8.32 Å². The molecule has 0 saturated heterocycles. The third-order valence-corrected chi connectivity index (χ3v) is 27.5. The van der Waals surface area contributed by atoms with Crippen molar-refractivity contribution in [2.45, 2.75) is 168 Å². The molecule has 51 heavy (non-hydrogen) atoms. The van der Waals surface area contributed by atoms with Crippen molar-refractivity contribution in [2.24, 2.45) is 40.4 Å². The van der Waals surface area contributed by atoms with Crippen LogP contribution in [0, 0.1) is 51.9 Å². The molecule has 2 aromatic rings. The van der Waals surface area contributed by atoms with Crippen LogP contribution < -0.4 is 10.4 Å². The molecule has 6 rings (SSSR count). The molecule has 4 fully saturated rings. The Bertz CT molecular complexity index is 1470. The van der Waals surface area contributed by atoms with E-state index in [1.54, 1.807) is 0 Å². The summed E-state index contributed by atoms with van der Waals surface area (Å²) in [5.41, 5.74) is 6.29. The van der Waals surface area contributed by atoms with Gasteiger partial charge in [0.1, 0.15) is 14.2 Å². The Hall–Kier alpha value is -1.65. The molecule has 4 heteroatoms. The number of aliphatic hydroxyl groups is 1. The Morgan fingerprint density at radius 3 is 1.76 bits per heavy atom. The predicted octanol–water partition coefficient (Wildman–Crippen LogP) is 11.2. The highest BCUT2D eigenvalue weighted by Crippen LogP contribution is 2.68. The quantitative estimate of drug-likeness (QED) is 0.217. The summed E-state index contributed by atoms with van der Waals surface area (Å²) < 4.78 is 7.76. The summed E-state index contributed by atoms with van der Waals surface area (Å²) in [7, 11) is -4.43. The summed E-state index contributed by atoms with van der Waals surface area (Å²) in [6.07, 6.45) is 11.2. The second kappa shape index (κ2) is 14.5. The van der Waals surface area contributed by atoms with Crippen LogP contribution in [0.2, 0.25) is 21.7 Å². The summed E-state index contributed by atoms with van der Waals surface area (Å²) in [5, 5.41) is 14.7. The second-order valence-corrected chi connectivity index (χ2v) is 30.0. The summed E-state index contributed by atoms with van der Waals surface area (Å²) in [6, 6.07) is 22.5. The minimum Gasteiger partial charge on any atom is -0.404 e. The Balaban J connectivity index is 1.21. The van der Waals surface area contributed by atoms with Crippen molar-refractivity contribution in [1.82, 2.24) is 0 Å². The van der Waals surface area contributed by atoms with E-state index in [4.69, 9.17) is 4.43 Å². The Labute approximate surface area is 315 Å². The molecule has 0 radical (unpaired) electrons. The maximum Gasteiger partial charge on any atom is 0.261 e. The number of benzene rings is 2. The zero-order valence-electron chi connectivity index (χ0n) is 34.3. The molecule has 4 saturated carbocycles. The molecule has 0 spiro atoms. The van der Waals surface area contributed by atoms with Crippen LogP contribution in [0.4, 0.5) is 0 Å². The van der Waals surface area contributed by atoms with Gasteiger partial charge in [-0.15, -0.1) is 5.54 Å². The Kier molecular flexibility index (Phi) is 11.1. The average Bonchev–Trinajstić information content (AvgIpc) is 3.44. The van der Waals surface area contributed by atoms with Gasteiger partial charge in [0.2, 0.25) is 0 Å². The second-order valence-electron chi connectivity index (χ2n) is 20.2. The van der Waals surface area contributed by atoms with Crippen LogP contribution in [0.25, 0.3) is 0 Å². The molecule has 0 aromatic heterocycles. The highest BCUT2D eigenvalue weighted by Gasteiger charge is 2.62. The molecule has 9 atom stereocenters. The van der Waals surface area contributed by atoms with Gasteiger partial charge in [0, 0.05) is 12.0 Å². The Morgan fingerprint density at radius 1 is 0.706 bits per heavy atom. The third kappa shape index (κ3) is 6.51. The highest BCUT2D eigenvalue weighted by molar-refractivity contribution is 6.99. The summed E-state index contributed by atoms with van der Waals surface area (Å²) >= 11 is 0. The molecular weight excluding hydrogens is 653 g/mol. The number of hydrogen-bond donors (Lipinski definition) is 1. The summed E-state index contributed by atoms with van der Waals surface area (Å²) in [5.74, 6) is 6.97. The van der Waals surface area contributed by atoms with Crippen molar-refractivity contribution < 1.29 is 9.53 Å². The van der Waals surface area contributed by atoms with Gasteiger partial charge in [-0.25, -0.2) is 0 Å². The van der Waals surface area contributed by atoms with E-state index in [0.717, 1.165) is 30.1 Å². The molecule has 1 N–H and O–H groups in total. The number of fused-ring (bicyclic) bond motifs is 5. The average molecular weight is 725 g/mol. The molecule has 2 nitrogen and oxygen atoms in total. The van der Waals surface area contributed by atoms with Gasteiger partial charge in [-0.3, -0.25) is 0 Å². The first-order valence-corrected chi connectivity index (χ1v) is 25.2. The molecule has 0 unspecified atom stereocenters. The fourth-order valence-corrected chi connectivity index (χ4v) is 23.6. The monoisotopic (exact) mass is 725 g/mol. The number of rotatable bonds is 8. The molecule has 0 amide bonds. The molecular formula is C47H72O2Si2. The SMILES string of the molecule is CC(C)[Si](C#C[C@H](O)[C@H]1CC[C@H]2[C@@H]3CC[C@H]4C[C@H](O[Si](c5ccccc5)(c5ccccc5)C(C)(C)C)CC[C@]4(C)[C@H]3CC[C@]12C)(C(C)C)C(C)C. The first-order chi connectivity index (χ1) is 24.0. The number of hydrogen-bond acceptors (Lipinski definition) is 2. The molecule has 4 aliphatic carbocycles. The topological polar surface area (TPSA) is 29.5 Å². The standard InChI is InChI=1S/C47H72O2Si2/c1-33(2)50(34(3)4,35(5)6)31-28-44(48)43-25-24-41-40-23-22-36-32-37(26-29-46(36,10)42(40)27-30-47(41,43)11)49-51(45(7,8)9,38-18-14-12-15-19-38)39-20-16-13-17-21-39/h12-21,33-37,40-44,48H,22-27,29-30,32H2,1-11H3/t36-,37+,40-,41-,42-,43+,44-,46-,47-/m0/s1. The molecule has 0 bridgehead atoms. The van der Waals surface area contributed by atoms with Crippen molar-refractivity contribution in [3.8, 4) is 11.5 Å². The maximum absolute atomic E-state index is 11.9. The van der Waals surface area contributed by atoms with Gasteiger partial charge >= 0.3 is 0 Å². The van der Waals surface area contributed by atoms with Gasteiger partial charge in [0.15, 0.2) is 0 Å². The van der Waals surface area contributed by atoms with Crippen LogP contribution in [-0.4, -0.2) is 33.7 Å². The van der Waals surface area contributed by atoms with Crippen LogP contribution in [0.5, 0.6) is 0 Å². The van der Waals surface area contributed by atoms with E-state index >= 15 is 0 Å². The molecule has 0 aliphatic heterocycles. The van der Waals surface area contributed by atoms with Crippen LogP contribution in [0.1, 0.15) is 134 Å². The first kappa shape index (κ1) is 39.1. The highest BCUT2D eigenvalue weighted by atomic mass is 28.4. The van der Waals surface area contributed by atoms with Crippen molar-refractivity contribution in [1.29, 1.82) is 0 Å². The van der Waals surface area contributed by atoms with E-state index < -0.39 is 22.5 Å². The zero-order chi connectivity index (χ0) is 37.0. The lowest BCUT2D eigenvalue weighted by atomic mass is 9.44. The lowest BCUT2D eigenvalue weighted by Gasteiger charge is -2.61. The fourth-order valence-electron chi connectivity index (χ4n) is 13.6. The van der Waals surface area contributed by atoms with E-state index in [9.17, 15) is 5.11 Å². The van der Waals surface area contributed by atoms with Crippen molar-refractivity contribution >= 4 is 26.8 Å². The molecule has 280 valence electrons. The van der Waals surface area contributed by atoms with E-state index in [2.05, 4.69) is 148 Å². The van der Waals surface area contributed by atoms with Gasteiger partial charge in [-0.1, -0.05) is 143 Å². The van der Waals surface area contributed by atoms with Gasteiger partial charge in [-0.2, -0.15) is 0 Å². The Morgan fingerprint density at radius 2 is 1.24 bits per heavy atom. The lowest BCUT2D eigenvalue weighted by molar-refractivity contribution is -0.129. The van der Waals surface area contributed by atoms with Crippen molar-refractivity contribution in [3.63, 3.8) is 0 Å². The van der Waals surface area contributed by atoms with Crippen molar-refractivity contribution in [2.75, 3.05) is 0 Å². The summed E-state index contributed by atoms with van der Waals surface area (Å²) in [6.45, 7) is 26.8. The smallest absolute Gasteiger partial charge is 0.261 e. The fraction of sp³-hybridized carbons (Fsp3) is 0.702. The molecule has 4 aliphatic rings. The maximum atomic E-state index is 11.9. The van der Waals surface area contributed by atoms with Gasteiger partial charge < -0.3 is 9.53 Å². The van der Waals surface area contributed by atoms with Crippen molar-refractivity contribution in [3.05, 3.63) is 60.7 Å². The largest absolute Gasteiger partial charge is 0.404 e. The predicted molar refractivity (Wildman–Crippen MR) is 223 cm³/mol.